The van der Waals surface area contributed by atoms with Gasteiger partial charge in [0.05, 0.1) is 10.1 Å². The summed E-state index contributed by atoms with van der Waals surface area (Å²) in [6.45, 7) is 1.90. The minimum Gasteiger partial charge on any atom is -0.303 e. The van der Waals surface area contributed by atoms with Gasteiger partial charge < -0.3 is 4.79 Å². The summed E-state index contributed by atoms with van der Waals surface area (Å²) in [6.07, 6.45) is 0.738. The lowest BCUT2D eigenvalue weighted by molar-refractivity contribution is -0.108. The fourth-order valence-electron chi connectivity index (χ4n) is 2.88. The molecule has 0 aromatic heterocycles. The van der Waals surface area contributed by atoms with Crippen molar-refractivity contribution in [1.29, 1.82) is 0 Å². The van der Waals surface area contributed by atoms with Crippen LogP contribution < -0.4 is 0 Å². The highest BCUT2D eigenvalue weighted by Crippen LogP contribution is 2.53. The molecular formula is C17H15ClO3S. The minimum absolute atomic E-state index is 0.263. The summed E-state index contributed by atoms with van der Waals surface area (Å²) in [4.78, 5) is 11.5. The molecule has 5 heteroatoms. The standard InChI is InChI=1S/C17H15ClO3S/c1-11-5-7-14(8-6-11)22(20,21)17-15(10-19)16(17)12-3-2-4-13(18)9-12/h2-10,15-17H,1H3/t15-,16+,17+/m0/s1. The molecule has 22 heavy (non-hydrogen) atoms. The van der Waals surface area contributed by atoms with Crippen molar-refractivity contribution < 1.29 is 13.2 Å². The molecule has 3 rings (SSSR count). The number of rotatable bonds is 4. The van der Waals surface area contributed by atoms with Crippen molar-refractivity contribution in [2.24, 2.45) is 5.92 Å². The number of aldehydes is 1. The molecule has 1 fully saturated rings. The zero-order valence-corrected chi connectivity index (χ0v) is 13.5. The van der Waals surface area contributed by atoms with Crippen LogP contribution in [-0.4, -0.2) is 20.0 Å². The maximum atomic E-state index is 12.8. The Bertz CT molecular complexity index is 812. The van der Waals surface area contributed by atoms with Crippen LogP contribution in [0.15, 0.2) is 53.4 Å². The summed E-state index contributed by atoms with van der Waals surface area (Å²) in [5.74, 6) is -0.827. The van der Waals surface area contributed by atoms with Crippen LogP contribution in [0.2, 0.25) is 5.02 Å². The SMILES string of the molecule is Cc1ccc(S(=O)(=O)[C@@H]2[C@@H](C=O)[C@H]2c2cccc(Cl)c2)cc1. The summed E-state index contributed by atoms with van der Waals surface area (Å²) < 4.78 is 25.5. The second kappa shape index (κ2) is 5.52. The van der Waals surface area contributed by atoms with E-state index in [1.54, 1.807) is 42.5 Å². The van der Waals surface area contributed by atoms with Gasteiger partial charge in [-0.3, -0.25) is 0 Å². The molecule has 0 spiro atoms. The second-order valence-electron chi connectivity index (χ2n) is 5.62. The summed E-state index contributed by atoms with van der Waals surface area (Å²) in [7, 11) is -3.53. The summed E-state index contributed by atoms with van der Waals surface area (Å²) in [5, 5.41) is -0.160. The number of aryl methyl sites for hydroxylation is 1. The van der Waals surface area contributed by atoms with Crippen molar-refractivity contribution in [3.63, 3.8) is 0 Å². The Morgan fingerprint density at radius 1 is 1.09 bits per heavy atom. The van der Waals surface area contributed by atoms with E-state index in [9.17, 15) is 13.2 Å². The predicted octanol–water partition coefficient (Wildman–Crippen LogP) is 3.40. The predicted molar refractivity (Wildman–Crippen MR) is 85.9 cm³/mol. The first-order valence-corrected chi connectivity index (χ1v) is 8.89. The van der Waals surface area contributed by atoms with Gasteiger partial charge in [0.2, 0.25) is 0 Å². The van der Waals surface area contributed by atoms with E-state index in [1.165, 1.54) is 0 Å². The molecule has 1 aliphatic carbocycles. The number of hydrogen-bond acceptors (Lipinski definition) is 3. The van der Waals surface area contributed by atoms with E-state index in [2.05, 4.69) is 0 Å². The number of hydrogen-bond donors (Lipinski definition) is 0. The second-order valence-corrected chi connectivity index (χ2v) is 8.16. The fraction of sp³-hybridized carbons (Fsp3) is 0.235. The smallest absolute Gasteiger partial charge is 0.182 e. The topological polar surface area (TPSA) is 51.2 Å². The minimum atomic E-state index is -3.53. The molecule has 0 bridgehead atoms. The molecule has 2 aromatic carbocycles. The quantitative estimate of drug-likeness (QED) is 0.805. The lowest BCUT2D eigenvalue weighted by atomic mass is 10.1. The number of carbonyl (C=O) groups excluding carboxylic acids is 1. The van der Waals surface area contributed by atoms with Crippen molar-refractivity contribution in [2.75, 3.05) is 0 Å². The third-order valence-corrected chi connectivity index (χ3v) is 6.59. The number of sulfone groups is 1. The molecule has 0 saturated heterocycles. The van der Waals surface area contributed by atoms with E-state index in [4.69, 9.17) is 11.6 Å². The summed E-state index contributed by atoms with van der Waals surface area (Å²) in [6, 6.07) is 13.8. The zero-order valence-electron chi connectivity index (χ0n) is 11.9. The molecule has 0 radical (unpaired) electrons. The van der Waals surface area contributed by atoms with Gasteiger partial charge in [-0.15, -0.1) is 0 Å². The van der Waals surface area contributed by atoms with Crippen molar-refractivity contribution in [3.05, 3.63) is 64.7 Å². The van der Waals surface area contributed by atoms with E-state index in [-0.39, 0.29) is 10.8 Å². The Kier molecular flexibility index (Phi) is 3.83. The van der Waals surface area contributed by atoms with Gasteiger partial charge in [0.25, 0.3) is 0 Å². The van der Waals surface area contributed by atoms with Gasteiger partial charge in [-0.05, 0) is 36.8 Å². The van der Waals surface area contributed by atoms with E-state index >= 15 is 0 Å². The highest BCUT2D eigenvalue weighted by atomic mass is 35.5. The van der Waals surface area contributed by atoms with Crippen LogP contribution in [0.5, 0.6) is 0 Å². The van der Waals surface area contributed by atoms with Crippen molar-refractivity contribution in [3.8, 4) is 0 Å². The van der Waals surface area contributed by atoms with E-state index in [1.807, 2.05) is 13.0 Å². The van der Waals surface area contributed by atoms with Crippen LogP contribution >= 0.6 is 11.6 Å². The molecule has 1 aliphatic rings. The largest absolute Gasteiger partial charge is 0.303 e. The summed E-state index contributed by atoms with van der Waals surface area (Å²) in [5.41, 5.74) is 1.79. The van der Waals surface area contributed by atoms with Crippen molar-refractivity contribution in [2.45, 2.75) is 23.0 Å². The van der Waals surface area contributed by atoms with Crippen molar-refractivity contribution in [1.82, 2.24) is 0 Å². The molecule has 0 amide bonds. The molecule has 0 N–H and O–H groups in total. The normalized spacial score (nSPS) is 24.0. The molecule has 3 nitrogen and oxygen atoms in total. The molecule has 2 aromatic rings. The Morgan fingerprint density at radius 3 is 2.36 bits per heavy atom. The highest BCUT2D eigenvalue weighted by molar-refractivity contribution is 7.92. The molecule has 0 aliphatic heterocycles. The maximum Gasteiger partial charge on any atom is 0.182 e. The Morgan fingerprint density at radius 2 is 1.77 bits per heavy atom. The van der Waals surface area contributed by atoms with Crippen LogP contribution in [0, 0.1) is 12.8 Å². The summed E-state index contributed by atoms with van der Waals surface area (Å²) >= 11 is 5.97. The van der Waals surface area contributed by atoms with E-state index in [0.717, 1.165) is 17.4 Å². The first kappa shape index (κ1) is 15.3. The Labute approximate surface area is 134 Å². The molecule has 1 saturated carbocycles. The van der Waals surface area contributed by atoms with Gasteiger partial charge >= 0.3 is 0 Å². The molecule has 0 heterocycles. The lowest BCUT2D eigenvalue weighted by Gasteiger charge is -2.05. The van der Waals surface area contributed by atoms with Gasteiger partial charge in [-0.25, -0.2) is 8.42 Å². The molecule has 0 unspecified atom stereocenters. The van der Waals surface area contributed by atoms with E-state index in [0.29, 0.717) is 5.02 Å². The third kappa shape index (κ3) is 2.57. The molecular weight excluding hydrogens is 320 g/mol. The van der Waals surface area contributed by atoms with Gasteiger partial charge in [0.15, 0.2) is 9.84 Å². The van der Waals surface area contributed by atoms with Crippen LogP contribution in [0.3, 0.4) is 0 Å². The molecule has 114 valence electrons. The average molecular weight is 335 g/mol. The number of benzene rings is 2. The van der Waals surface area contributed by atoms with Gasteiger partial charge in [0.1, 0.15) is 6.29 Å². The number of halogens is 1. The first-order valence-electron chi connectivity index (χ1n) is 6.96. The van der Waals surface area contributed by atoms with Crippen molar-refractivity contribution >= 4 is 27.7 Å². The average Bonchev–Trinajstić information content (AvgIpc) is 3.23. The molecule has 3 atom stereocenters. The zero-order chi connectivity index (χ0) is 15.9. The van der Waals surface area contributed by atoms with Gasteiger partial charge in [0, 0.05) is 16.9 Å². The third-order valence-electron chi connectivity index (χ3n) is 4.11. The Hall–Kier alpha value is -1.65. The first-order chi connectivity index (χ1) is 10.4. The van der Waals surface area contributed by atoms with Crippen LogP contribution in [0.4, 0.5) is 0 Å². The van der Waals surface area contributed by atoms with Gasteiger partial charge in [-0.1, -0.05) is 41.4 Å². The highest BCUT2D eigenvalue weighted by Gasteiger charge is 2.59. The monoisotopic (exact) mass is 334 g/mol. The maximum absolute atomic E-state index is 12.8. The number of carbonyl (C=O) groups is 1. The van der Waals surface area contributed by atoms with Gasteiger partial charge in [-0.2, -0.15) is 0 Å². The lowest BCUT2D eigenvalue weighted by Crippen LogP contribution is -2.11. The van der Waals surface area contributed by atoms with E-state index < -0.39 is 21.0 Å². The fourth-order valence-corrected chi connectivity index (χ4v) is 5.19. The van der Waals surface area contributed by atoms with Crippen LogP contribution in [0.1, 0.15) is 17.0 Å². The van der Waals surface area contributed by atoms with Crippen LogP contribution in [0.25, 0.3) is 0 Å². The van der Waals surface area contributed by atoms with Crippen LogP contribution in [-0.2, 0) is 14.6 Å². The Balaban J connectivity index is 1.97.